The van der Waals surface area contributed by atoms with Crippen molar-refractivity contribution in [1.82, 2.24) is 20.5 Å². The molecule has 1 aliphatic heterocycles. The number of likely N-dealkylation sites (tertiary alicyclic amines) is 1. The molecule has 1 fully saturated rings. The Kier molecular flexibility index (Phi) is 6.55. The first kappa shape index (κ1) is 18.3. The molecule has 2 N–H and O–H groups in total. The highest BCUT2D eigenvalue weighted by molar-refractivity contribution is 5.74. The Bertz CT molecular complexity index is 685. The van der Waals surface area contributed by atoms with Gasteiger partial charge in [-0.25, -0.2) is 9.18 Å². The lowest BCUT2D eigenvalue weighted by molar-refractivity contribution is 0.186. The third kappa shape index (κ3) is 5.81. The van der Waals surface area contributed by atoms with E-state index in [9.17, 15) is 9.18 Å². The maximum Gasteiger partial charge on any atom is 0.315 e. The van der Waals surface area contributed by atoms with E-state index in [1.54, 1.807) is 6.20 Å². The summed E-state index contributed by atoms with van der Waals surface area (Å²) in [6.07, 6.45) is 4.34. The average molecular weight is 356 g/mol. The second-order valence-electron chi connectivity index (χ2n) is 6.65. The van der Waals surface area contributed by atoms with Gasteiger partial charge in [0.05, 0.1) is 0 Å². The van der Waals surface area contributed by atoms with Crippen LogP contribution < -0.4 is 10.6 Å². The zero-order valence-electron chi connectivity index (χ0n) is 14.8. The van der Waals surface area contributed by atoms with Crippen LogP contribution in [0.2, 0.25) is 0 Å². The van der Waals surface area contributed by atoms with Crippen LogP contribution in [0.15, 0.2) is 48.7 Å². The molecule has 0 saturated carbocycles. The maximum absolute atomic E-state index is 13.0. The quantitative estimate of drug-likeness (QED) is 0.837. The summed E-state index contributed by atoms with van der Waals surface area (Å²) in [5.74, 6) is -0.203. The molecule has 1 aromatic heterocycles. The van der Waals surface area contributed by atoms with E-state index in [4.69, 9.17) is 0 Å². The normalized spacial score (nSPS) is 15.6. The van der Waals surface area contributed by atoms with Gasteiger partial charge in [0.25, 0.3) is 0 Å². The summed E-state index contributed by atoms with van der Waals surface area (Å²) in [7, 11) is 0. The molecule has 1 saturated heterocycles. The molecule has 0 radical (unpaired) electrons. The van der Waals surface area contributed by atoms with Crippen molar-refractivity contribution in [3.05, 3.63) is 65.7 Å². The molecule has 0 spiro atoms. The average Bonchev–Trinajstić information content (AvgIpc) is 2.66. The van der Waals surface area contributed by atoms with E-state index < -0.39 is 0 Å². The minimum Gasteiger partial charge on any atom is -0.338 e. The number of amides is 2. The smallest absolute Gasteiger partial charge is 0.315 e. The van der Waals surface area contributed by atoms with Crippen LogP contribution in [0.5, 0.6) is 0 Å². The van der Waals surface area contributed by atoms with Crippen LogP contribution in [-0.2, 0) is 13.0 Å². The van der Waals surface area contributed by atoms with Crippen molar-refractivity contribution >= 4 is 6.03 Å². The number of benzene rings is 1. The SMILES string of the molecule is O=C(NCCc1ccccn1)NC1CCN(Cc2ccc(F)cc2)CC1. The van der Waals surface area contributed by atoms with Crippen molar-refractivity contribution in [3.63, 3.8) is 0 Å². The summed E-state index contributed by atoms with van der Waals surface area (Å²) in [4.78, 5) is 18.6. The Balaban J connectivity index is 1.33. The van der Waals surface area contributed by atoms with Gasteiger partial charge in [-0.15, -0.1) is 0 Å². The van der Waals surface area contributed by atoms with Crippen LogP contribution in [0.3, 0.4) is 0 Å². The largest absolute Gasteiger partial charge is 0.338 e. The van der Waals surface area contributed by atoms with Crippen LogP contribution in [0.1, 0.15) is 24.1 Å². The summed E-state index contributed by atoms with van der Waals surface area (Å²) in [6, 6.07) is 12.5. The molecule has 0 atom stereocenters. The van der Waals surface area contributed by atoms with E-state index in [-0.39, 0.29) is 17.9 Å². The molecule has 138 valence electrons. The highest BCUT2D eigenvalue weighted by atomic mass is 19.1. The van der Waals surface area contributed by atoms with Crippen LogP contribution in [-0.4, -0.2) is 41.6 Å². The molecular weight excluding hydrogens is 331 g/mol. The summed E-state index contributed by atoms with van der Waals surface area (Å²) < 4.78 is 13.0. The fourth-order valence-corrected chi connectivity index (χ4v) is 3.17. The maximum atomic E-state index is 13.0. The first-order chi connectivity index (χ1) is 12.7. The zero-order chi connectivity index (χ0) is 18.2. The molecule has 26 heavy (non-hydrogen) atoms. The number of urea groups is 1. The number of pyridine rings is 1. The van der Waals surface area contributed by atoms with Gasteiger partial charge in [0.2, 0.25) is 0 Å². The number of rotatable bonds is 6. The topological polar surface area (TPSA) is 57.3 Å². The van der Waals surface area contributed by atoms with Crippen molar-refractivity contribution < 1.29 is 9.18 Å². The summed E-state index contributed by atoms with van der Waals surface area (Å²) in [5, 5.41) is 5.95. The number of nitrogens with one attached hydrogen (secondary N) is 2. The fraction of sp³-hybridized carbons (Fsp3) is 0.400. The van der Waals surface area contributed by atoms with Crippen LogP contribution in [0, 0.1) is 5.82 Å². The van der Waals surface area contributed by atoms with Crippen molar-refractivity contribution in [1.29, 1.82) is 0 Å². The summed E-state index contributed by atoms with van der Waals surface area (Å²) in [5.41, 5.74) is 2.09. The van der Waals surface area contributed by atoms with E-state index >= 15 is 0 Å². The van der Waals surface area contributed by atoms with Gasteiger partial charge in [-0.05, 0) is 42.7 Å². The second kappa shape index (κ2) is 9.29. The van der Waals surface area contributed by atoms with Crippen molar-refractivity contribution in [2.45, 2.75) is 31.8 Å². The van der Waals surface area contributed by atoms with E-state index in [0.717, 1.165) is 50.2 Å². The number of piperidine rings is 1. The van der Waals surface area contributed by atoms with Gasteiger partial charge in [-0.1, -0.05) is 18.2 Å². The number of hydrogen-bond donors (Lipinski definition) is 2. The molecule has 2 aromatic rings. The van der Waals surface area contributed by atoms with Crippen LogP contribution >= 0.6 is 0 Å². The molecule has 6 heteroatoms. The molecule has 2 amide bonds. The summed E-state index contributed by atoms with van der Waals surface area (Å²) >= 11 is 0. The third-order valence-corrected chi connectivity index (χ3v) is 4.64. The molecule has 0 bridgehead atoms. The lowest BCUT2D eigenvalue weighted by Crippen LogP contribution is -2.48. The van der Waals surface area contributed by atoms with Crippen LogP contribution in [0.4, 0.5) is 9.18 Å². The van der Waals surface area contributed by atoms with Gasteiger partial charge < -0.3 is 10.6 Å². The number of halogens is 1. The number of hydrogen-bond acceptors (Lipinski definition) is 3. The first-order valence-electron chi connectivity index (χ1n) is 9.10. The molecule has 0 aliphatic carbocycles. The molecule has 1 aromatic carbocycles. The van der Waals surface area contributed by atoms with Crippen LogP contribution in [0.25, 0.3) is 0 Å². The van der Waals surface area contributed by atoms with Gasteiger partial charge in [0.1, 0.15) is 5.82 Å². The molecule has 3 rings (SSSR count). The van der Waals surface area contributed by atoms with Crippen molar-refractivity contribution in [2.24, 2.45) is 0 Å². The lowest BCUT2D eigenvalue weighted by atomic mass is 10.0. The summed E-state index contributed by atoms with van der Waals surface area (Å²) in [6.45, 7) is 3.25. The predicted octanol–water partition coefficient (Wildman–Crippen LogP) is 2.73. The number of aromatic nitrogens is 1. The van der Waals surface area contributed by atoms with Gasteiger partial charge >= 0.3 is 6.03 Å². The fourth-order valence-electron chi connectivity index (χ4n) is 3.17. The third-order valence-electron chi connectivity index (χ3n) is 4.64. The Labute approximate surface area is 153 Å². The van der Waals surface area contributed by atoms with Crippen molar-refractivity contribution in [3.8, 4) is 0 Å². The Morgan fingerprint density at radius 1 is 1.15 bits per heavy atom. The lowest BCUT2D eigenvalue weighted by Gasteiger charge is -2.32. The zero-order valence-corrected chi connectivity index (χ0v) is 14.8. The standard InChI is InChI=1S/C20H25FN4O/c21-17-6-4-16(5-7-17)15-25-13-9-19(10-14-25)24-20(26)23-12-8-18-3-1-2-11-22-18/h1-7,11,19H,8-10,12-15H2,(H2,23,24,26). The van der Waals surface area contributed by atoms with Crippen molar-refractivity contribution in [2.75, 3.05) is 19.6 Å². The molecular formula is C20H25FN4O. The molecule has 5 nitrogen and oxygen atoms in total. The minimum absolute atomic E-state index is 0.113. The van der Waals surface area contributed by atoms with Gasteiger partial charge in [0, 0.05) is 50.5 Å². The highest BCUT2D eigenvalue weighted by Gasteiger charge is 2.20. The van der Waals surface area contributed by atoms with Gasteiger partial charge in [-0.3, -0.25) is 9.88 Å². The van der Waals surface area contributed by atoms with E-state index in [1.807, 2.05) is 30.3 Å². The van der Waals surface area contributed by atoms with E-state index in [1.165, 1.54) is 12.1 Å². The predicted molar refractivity (Wildman–Crippen MR) is 99.2 cm³/mol. The highest BCUT2D eigenvalue weighted by Crippen LogP contribution is 2.14. The number of carbonyl (C=O) groups is 1. The van der Waals surface area contributed by atoms with Gasteiger partial charge in [-0.2, -0.15) is 0 Å². The second-order valence-corrected chi connectivity index (χ2v) is 6.65. The Morgan fingerprint density at radius 3 is 2.62 bits per heavy atom. The van der Waals surface area contributed by atoms with E-state index in [0.29, 0.717) is 6.54 Å². The minimum atomic E-state index is -0.203. The molecule has 0 unspecified atom stereocenters. The molecule has 2 heterocycles. The number of carbonyl (C=O) groups excluding carboxylic acids is 1. The Morgan fingerprint density at radius 2 is 1.92 bits per heavy atom. The van der Waals surface area contributed by atoms with Gasteiger partial charge in [0.15, 0.2) is 0 Å². The van der Waals surface area contributed by atoms with E-state index in [2.05, 4.69) is 20.5 Å². The first-order valence-corrected chi connectivity index (χ1v) is 9.10. The Hall–Kier alpha value is -2.47. The number of nitrogens with zero attached hydrogens (tertiary/aromatic N) is 2. The molecule has 1 aliphatic rings. The monoisotopic (exact) mass is 356 g/mol.